The minimum Gasteiger partial charge on any atom is -0.399 e. The molecule has 0 saturated carbocycles. The van der Waals surface area contributed by atoms with Gasteiger partial charge in [0.1, 0.15) is 5.60 Å². The van der Waals surface area contributed by atoms with E-state index in [-0.39, 0.29) is 0 Å². The van der Waals surface area contributed by atoms with E-state index in [9.17, 15) is 0 Å². The first-order chi connectivity index (χ1) is 8.94. The highest BCUT2D eigenvalue weighted by atomic mass is 16.5. The summed E-state index contributed by atoms with van der Waals surface area (Å²) >= 11 is 0. The van der Waals surface area contributed by atoms with Crippen LogP contribution in [-0.2, 0) is 10.3 Å². The number of nitrogens with two attached hydrogens (primary N) is 1. The molecule has 0 bridgehead atoms. The Morgan fingerprint density at radius 1 is 1.37 bits per heavy atom. The molecule has 0 saturated heterocycles. The maximum atomic E-state index is 5.79. The van der Waals surface area contributed by atoms with Gasteiger partial charge < -0.3 is 15.0 Å². The predicted molar refractivity (Wildman–Crippen MR) is 73.5 cm³/mol. The fourth-order valence-electron chi connectivity index (χ4n) is 1.82. The van der Waals surface area contributed by atoms with Crippen LogP contribution in [0.5, 0.6) is 0 Å². The first-order valence-electron chi connectivity index (χ1n) is 6.28. The van der Waals surface area contributed by atoms with Crippen LogP contribution in [0.25, 0.3) is 11.5 Å². The molecule has 0 radical (unpaired) electrons. The largest absolute Gasteiger partial charge is 0.399 e. The van der Waals surface area contributed by atoms with E-state index in [1.807, 2.05) is 45.9 Å². The Bertz CT molecular complexity index is 576. The smallest absolute Gasteiger partial charge is 0.258 e. The summed E-state index contributed by atoms with van der Waals surface area (Å²) in [7, 11) is 0. The molecule has 0 unspecified atom stereocenters. The molecule has 19 heavy (non-hydrogen) atoms. The highest BCUT2D eigenvalue weighted by Crippen LogP contribution is 2.26. The molecular weight excluding hydrogens is 242 g/mol. The molecule has 0 atom stereocenters. The first-order valence-corrected chi connectivity index (χ1v) is 6.28. The van der Waals surface area contributed by atoms with Gasteiger partial charge >= 0.3 is 0 Å². The molecule has 1 aromatic carbocycles. The van der Waals surface area contributed by atoms with Crippen molar-refractivity contribution in [1.82, 2.24) is 10.1 Å². The summed E-state index contributed by atoms with van der Waals surface area (Å²) < 4.78 is 10.9. The first kappa shape index (κ1) is 13.5. The average molecular weight is 261 g/mol. The van der Waals surface area contributed by atoms with Crippen molar-refractivity contribution in [2.75, 3.05) is 12.3 Å². The number of hydrogen-bond donors (Lipinski definition) is 1. The van der Waals surface area contributed by atoms with Crippen molar-refractivity contribution < 1.29 is 9.26 Å². The standard InChI is InChI=1S/C14H19N3O2/c1-5-18-14(3,4)13-16-12(19-17-13)10-6-7-11(15)9(2)8-10/h6-8H,5,15H2,1-4H3. The lowest BCUT2D eigenvalue weighted by molar-refractivity contribution is -0.0221. The van der Waals surface area contributed by atoms with Crippen LogP contribution in [0, 0.1) is 6.92 Å². The SMILES string of the molecule is CCOC(C)(C)c1noc(-c2ccc(N)c(C)c2)n1. The van der Waals surface area contributed by atoms with Crippen molar-refractivity contribution in [3.8, 4) is 11.5 Å². The topological polar surface area (TPSA) is 74.2 Å². The summed E-state index contributed by atoms with van der Waals surface area (Å²) in [6, 6.07) is 5.63. The monoisotopic (exact) mass is 261 g/mol. The van der Waals surface area contributed by atoms with Gasteiger partial charge in [0.25, 0.3) is 5.89 Å². The lowest BCUT2D eigenvalue weighted by Crippen LogP contribution is -2.23. The zero-order valence-corrected chi connectivity index (χ0v) is 11.7. The Morgan fingerprint density at radius 3 is 2.74 bits per heavy atom. The van der Waals surface area contributed by atoms with Crippen LogP contribution >= 0.6 is 0 Å². The van der Waals surface area contributed by atoms with Gasteiger partial charge in [-0.1, -0.05) is 5.16 Å². The second kappa shape index (κ2) is 5.01. The van der Waals surface area contributed by atoms with Gasteiger partial charge in [-0.25, -0.2) is 0 Å². The number of nitrogen functional groups attached to an aromatic ring is 1. The number of hydrogen-bond acceptors (Lipinski definition) is 5. The Hall–Kier alpha value is -1.88. The third-order valence-electron chi connectivity index (χ3n) is 2.99. The minimum atomic E-state index is -0.556. The van der Waals surface area contributed by atoms with E-state index in [1.165, 1.54) is 0 Å². The molecule has 0 spiro atoms. The molecule has 1 heterocycles. The molecule has 0 fully saturated rings. The molecule has 5 heteroatoms. The summed E-state index contributed by atoms with van der Waals surface area (Å²) in [5.41, 5.74) is 7.83. The summed E-state index contributed by atoms with van der Waals surface area (Å²) in [5, 5.41) is 3.99. The van der Waals surface area contributed by atoms with Crippen LogP contribution in [0.15, 0.2) is 22.7 Å². The van der Waals surface area contributed by atoms with Gasteiger partial charge in [0, 0.05) is 17.9 Å². The maximum Gasteiger partial charge on any atom is 0.258 e. The second-order valence-electron chi connectivity index (χ2n) is 4.94. The van der Waals surface area contributed by atoms with Crippen LogP contribution in [0.1, 0.15) is 32.2 Å². The van der Waals surface area contributed by atoms with Gasteiger partial charge in [-0.2, -0.15) is 4.98 Å². The van der Waals surface area contributed by atoms with E-state index >= 15 is 0 Å². The summed E-state index contributed by atoms with van der Waals surface area (Å²) in [4.78, 5) is 4.40. The van der Waals surface area contributed by atoms with Crippen molar-refractivity contribution in [3.63, 3.8) is 0 Å². The molecule has 2 rings (SSSR count). The van der Waals surface area contributed by atoms with Crippen molar-refractivity contribution >= 4 is 5.69 Å². The predicted octanol–water partition coefficient (Wildman–Crippen LogP) is 2.90. The van der Waals surface area contributed by atoms with Gasteiger partial charge in [0.05, 0.1) is 0 Å². The molecule has 0 aliphatic heterocycles. The summed E-state index contributed by atoms with van der Waals surface area (Å²) in [6.45, 7) is 8.31. The molecule has 0 aliphatic carbocycles. The van der Waals surface area contributed by atoms with Crippen LogP contribution in [0.3, 0.4) is 0 Å². The van der Waals surface area contributed by atoms with Crippen molar-refractivity contribution in [2.45, 2.75) is 33.3 Å². The normalized spacial score (nSPS) is 11.8. The number of rotatable bonds is 4. The molecule has 5 nitrogen and oxygen atoms in total. The quantitative estimate of drug-likeness (QED) is 0.856. The number of anilines is 1. The minimum absolute atomic E-state index is 0.478. The van der Waals surface area contributed by atoms with Gasteiger partial charge in [0.15, 0.2) is 0 Å². The van der Waals surface area contributed by atoms with Crippen molar-refractivity contribution in [2.24, 2.45) is 0 Å². The highest BCUT2D eigenvalue weighted by molar-refractivity contribution is 5.60. The summed E-state index contributed by atoms with van der Waals surface area (Å²) in [5.74, 6) is 1.02. The number of benzene rings is 1. The van der Waals surface area contributed by atoms with E-state index in [4.69, 9.17) is 15.0 Å². The Morgan fingerprint density at radius 2 is 2.11 bits per heavy atom. The maximum absolute atomic E-state index is 5.79. The van der Waals surface area contributed by atoms with Crippen molar-refractivity contribution in [3.05, 3.63) is 29.6 Å². The van der Waals surface area contributed by atoms with E-state index in [1.54, 1.807) is 0 Å². The van der Waals surface area contributed by atoms with Crippen LogP contribution < -0.4 is 5.73 Å². The number of nitrogens with zero attached hydrogens (tertiary/aromatic N) is 2. The molecule has 1 aromatic heterocycles. The van der Waals surface area contributed by atoms with Gasteiger partial charge in [-0.05, 0) is 51.5 Å². The molecule has 102 valence electrons. The van der Waals surface area contributed by atoms with E-state index in [2.05, 4.69) is 10.1 Å². The Kier molecular flexibility index (Phi) is 3.57. The molecule has 2 N–H and O–H groups in total. The van der Waals surface area contributed by atoms with E-state index in [0.29, 0.717) is 18.3 Å². The van der Waals surface area contributed by atoms with E-state index in [0.717, 1.165) is 16.8 Å². The second-order valence-corrected chi connectivity index (χ2v) is 4.94. The fourth-order valence-corrected chi connectivity index (χ4v) is 1.82. The highest BCUT2D eigenvalue weighted by Gasteiger charge is 2.27. The van der Waals surface area contributed by atoms with Gasteiger partial charge in [-0.3, -0.25) is 0 Å². The Labute approximate surface area is 112 Å². The fraction of sp³-hybridized carbons (Fsp3) is 0.429. The third-order valence-corrected chi connectivity index (χ3v) is 2.99. The molecule has 0 amide bonds. The van der Waals surface area contributed by atoms with Gasteiger partial charge in [-0.15, -0.1) is 0 Å². The zero-order chi connectivity index (χ0) is 14.0. The number of ether oxygens (including phenoxy) is 1. The molecule has 0 aliphatic rings. The van der Waals surface area contributed by atoms with Crippen molar-refractivity contribution in [1.29, 1.82) is 0 Å². The zero-order valence-electron chi connectivity index (χ0n) is 11.7. The van der Waals surface area contributed by atoms with Crippen LogP contribution in [0.2, 0.25) is 0 Å². The lowest BCUT2D eigenvalue weighted by Gasteiger charge is -2.19. The van der Waals surface area contributed by atoms with Gasteiger partial charge in [0.2, 0.25) is 5.82 Å². The third kappa shape index (κ3) is 2.76. The molecular formula is C14H19N3O2. The van der Waals surface area contributed by atoms with Crippen LogP contribution in [-0.4, -0.2) is 16.7 Å². The molecule has 2 aromatic rings. The number of aromatic nitrogens is 2. The number of aryl methyl sites for hydroxylation is 1. The summed E-state index contributed by atoms with van der Waals surface area (Å²) in [6.07, 6.45) is 0. The lowest BCUT2D eigenvalue weighted by atomic mass is 10.1. The van der Waals surface area contributed by atoms with E-state index < -0.39 is 5.60 Å². The van der Waals surface area contributed by atoms with Crippen LogP contribution in [0.4, 0.5) is 5.69 Å². The Balaban J connectivity index is 2.33. The average Bonchev–Trinajstić information content (AvgIpc) is 2.83.